The van der Waals surface area contributed by atoms with E-state index in [-0.39, 0.29) is 24.3 Å². The maximum atomic E-state index is 13.7. The van der Waals surface area contributed by atoms with E-state index < -0.39 is 23.1 Å². The van der Waals surface area contributed by atoms with E-state index in [9.17, 15) is 19.1 Å². The third kappa shape index (κ3) is 1.89. The van der Waals surface area contributed by atoms with Gasteiger partial charge in [0.1, 0.15) is 5.82 Å². The molecule has 0 aromatic heterocycles. The van der Waals surface area contributed by atoms with E-state index in [2.05, 4.69) is 0 Å². The zero-order chi connectivity index (χ0) is 20.6. The van der Waals surface area contributed by atoms with Gasteiger partial charge in [0, 0.05) is 5.92 Å². The van der Waals surface area contributed by atoms with E-state index in [0.717, 1.165) is 22.3 Å². The number of benzene rings is 3. The second-order valence-corrected chi connectivity index (χ2v) is 8.27. The summed E-state index contributed by atoms with van der Waals surface area (Å²) >= 11 is 0. The fourth-order valence-corrected chi connectivity index (χ4v) is 6.04. The number of aliphatic hydroxyl groups is 1. The average Bonchev–Trinajstić information content (AvgIpc) is 3.05. The molecule has 148 valence electrons. The summed E-state index contributed by atoms with van der Waals surface area (Å²) in [5, 5.41) is 10.8. The molecule has 1 N–H and O–H groups in total. The number of carbonyl (C=O) groups excluding carboxylic acids is 2. The first kappa shape index (κ1) is 17.5. The standard InChI is InChI=1S/C25H18FNO3/c26-14-9-11-15(12-10-14)27-23(29)21-20-16-5-1-3-7-18(16)25(13-28,22(21)24(27)30)19-8-4-2-6-17(19)20/h1-12,20-22,28H,13H2/t20?,21-,22-,25?/m1/s1. The van der Waals surface area contributed by atoms with E-state index in [1.54, 1.807) is 0 Å². The number of amides is 2. The first-order valence-corrected chi connectivity index (χ1v) is 10.0. The molecule has 0 spiro atoms. The van der Waals surface area contributed by atoms with E-state index in [4.69, 9.17) is 0 Å². The van der Waals surface area contributed by atoms with Gasteiger partial charge in [-0.05, 0) is 46.5 Å². The Morgan fingerprint density at radius 1 is 0.833 bits per heavy atom. The number of halogens is 1. The molecule has 1 fully saturated rings. The predicted molar refractivity (Wildman–Crippen MR) is 108 cm³/mol. The molecular weight excluding hydrogens is 381 g/mol. The minimum Gasteiger partial charge on any atom is -0.395 e. The van der Waals surface area contributed by atoms with Gasteiger partial charge in [-0.2, -0.15) is 0 Å². The topological polar surface area (TPSA) is 57.6 Å². The molecule has 3 aromatic carbocycles. The van der Waals surface area contributed by atoms with E-state index in [1.807, 2.05) is 48.5 Å². The van der Waals surface area contributed by atoms with Crippen LogP contribution in [0.25, 0.3) is 0 Å². The van der Waals surface area contributed by atoms with Crippen LogP contribution in [-0.2, 0) is 15.0 Å². The van der Waals surface area contributed by atoms with Gasteiger partial charge >= 0.3 is 0 Å². The zero-order valence-corrected chi connectivity index (χ0v) is 16.0. The maximum absolute atomic E-state index is 13.7. The second-order valence-electron chi connectivity index (χ2n) is 8.27. The molecule has 0 saturated carbocycles. The number of anilines is 1. The maximum Gasteiger partial charge on any atom is 0.239 e. The average molecular weight is 399 g/mol. The van der Waals surface area contributed by atoms with Crippen molar-refractivity contribution in [1.29, 1.82) is 0 Å². The van der Waals surface area contributed by atoms with Crippen molar-refractivity contribution in [3.63, 3.8) is 0 Å². The third-order valence-corrected chi connectivity index (χ3v) is 7.13. The number of hydrogen-bond donors (Lipinski definition) is 1. The van der Waals surface area contributed by atoms with Crippen molar-refractivity contribution in [3.05, 3.63) is 101 Å². The van der Waals surface area contributed by atoms with Crippen LogP contribution in [0.2, 0.25) is 0 Å². The number of hydrogen-bond acceptors (Lipinski definition) is 3. The number of aliphatic hydroxyl groups excluding tert-OH is 1. The lowest BCUT2D eigenvalue weighted by molar-refractivity contribution is -0.124. The summed E-state index contributed by atoms with van der Waals surface area (Å²) in [6.07, 6.45) is 0. The summed E-state index contributed by atoms with van der Waals surface area (Å²) < 4.78 is 13.5. The molecule has 30 heavy (non-hydrogen) atoms. The highest BCUT2D eigenvalue weighted by atomic mass is 19.1. The van der Waals surface area contributed by atoms with Gasteiger partial charge in [0.2, 0.25) is 11.8 Å². The molecule has 5 heteroatoms. The van der Waals surface area contributed by atoms with E-state index in [0.29, 0.717) is 5.69 Å². The Bertz CT molecular complexity index is 1170. The van der Waals surface area contributed by atoms with Crippen molar-refractivity contribution in [2.24, 2.45) is 11.8 Å². The summed E-state index contributed by atoms with van der Waals surface area (Å²) in [6.45, 7) is -0.273. The number of imide groups is 1. The molecule has 1 saturated heterocycles. The zero-order valence-electron chi connectivity index (χ0n) is 16.0. The van der Waals surface area contributed by atoms with Gasteiger partial charge in [-0.25, -0.2) is 9.29 Å². The SMILES string of the molecule is O=C1[C@@H]2C3c4ccccc4C(CO)(c4ccccc43)[C@H]2C(=O)N1c1ccc(F)cc1. The summed E-state index contributed by atoms with van der Waals surface area (Å²) in [6, 6.07) is 21.0. The number of rotatable bonds is 2. The molecule has 2 bridgehead atoms. The molecule has 3 aromatic rings. The van der Waals surface area contributed by atoms with E-state index in [1.165, 1.54) is 29.2 Å². The smallest absolute Gasteiger partial charge is 0.239 e. The first-order chi connectivity index (χ1) is 14.6. The molecule has 3 aliphatic carbocycles. The van der Waals surface area contributed by atoms with Gasteiger partial charge in [0.25, 0.3) is 0 Å². The van der Waals surface area contributed by atoms with Gasteiger partial charge in [-0.15, -0.1) is 0 Å². The highest BCUT2D eigenvalue weighted by molar-refractivity contribution is 6.23. The van der Waals surface area contributed by atoms with Crippen molar-refractivity contribution in [2.45, 2.75) is 11.3 Å². The molecular formula is C25H18FNO3. The summed E-state index contributed by atoms with van der Waals surface area (Å²) in [5.41, 5.74) is 3.21. The van der Waals surface area contributed by atoms with Crippen LogP contribution in [0, 0.1) is 17.7 Å². The first-order valence-electron chi connectivity index (χ1n) is 10.0. The van der Waals surface area contributed by atoms with Gasteiger partial charge < -0.3 is 5.11 Å². The van der Waals surface area contributed by atoms with Crippen LogP contribution in [0.15, 0.2) is 72.8 Å². The van der Waals surface area contributed by atoms with Crippen molar-refractivity contribution in [1.82, 2.24) is 0 Å². The fraction of sp³-hybridized carbons (Fsp3) is 0.200. The summed E-state index contributed by atoms with van der Waals surface area (Å²) in [7, 11) is 0. The minimum absolute atomic E-state index is 0.252. The lowest BCUT2D eigenvalue weighted by Crippen LogP contribution is -2.55. The predicted octanol–water partition coefficient (Wildman–Crippen LogP) is 3.37. The van der Waals surface area contributed by atoms with Crippen LogP contribution in [0.4, 0.5) is 10.1 Å². The molecule has 0 unspecified atom stereocenters. The Hall–Kier alpha value is -3.31. The lowest BCUT2D eigenvalue weighted by Gasteiger charge is -2.53. The Morgan fingerprint density at radius 2 is 1.40 bits per heavy atom. The minimum atomic E-state index is -0.978. The van der Waals surface area contributed by atoms with Crippen LogP contribution < -0.4 is 4.90 Å². The van der Waals surface area contributed by atoms with Gasteiger partial charge in [0.05, 0.1) is 29.5 Å². The van der Waals surface area contributed by atoms with Gasteiger partial charge in [-0.1, -0.05) is 48.5 Å². The van der Waals surface area contributed by atoms with Crippen LogP contribution in [0.1, 0.15) is 28.2 Å². The Kier molecular flexibility index (Phi) is 3.43. The fourth-order valence-electron chi connectivity index (χ4n) is 6.04. The Morgan fingerprint density at radius 3 is 1.97 bits per heavy atom. The van der Waals surface area contributed by atoms with Gasteiger partial charge in [0.15, 0.2) is 0 Å². The summed E-state index contributed by atoms with van der Waals surface area (Å²) in [5.74, 6) is -2.60. The molecule has 1 aliphatic heterocycles. The van der Waals surface area contributed by atoms with Crippen LogP contribution in [-0.4, -0.2) is 23.5 Å². The van der Waals surface area contributed by atoms with Crippen LogP contribution in [0.3, 0.4) is 0 Å². The quantitative estimate of drug-likeness (QED) is 0.673. The number of carbonyl (C=O) groups is 2. The largest absolute Gasteiger partial charge is 0.395 e. The molecule has 4 nitrogen and oxygen atoms in total. The molecule has 2 atom stereocenters. The molecule has 0 radical (unpaired) electrons. The molecule has 2 amide bonds. The highest BCUT2D eigenvalue weighted by Gasteiger charge is 2.68. The Balaban J connectivity index is 1.63. The molecule has 1 heterocycles. The van der Waals surface area contributed by atoms with Crippen LogP contribution in [0.5, 0.6) is 0 Å². The summed E-state index contributed by atoms with van der Waals surface area (Å²) in [4.78, 5) is 28.5. The molecule has 7 rings (SSSR count). The lowest BCUT2D eigenvalue weighted by atomic mass is 9.47. The van der Waals surface area contributed by atoms with Crippen molar-refractivity contribution < 1.29 is 19.1 Å². The molecule has 4 aliphatic rings. The normalized spacial score (nSPS) is 28.3. The monoisotopic (exact) mass is 399 g/mol. The van der Waals surface area contributed by atoms with E-state index >= 15 is 0 Å². The highest BCUT2D eigenvalue weighted by Crippen LogP contribution is 2.64. The third-order valence-electron chi connectivity index (χ3n) is 7.13. The van der Waals surface area contributed by atoms with Crippen molar-refractivity contribution in [2.75, 3.05) is 11.5 Å². The van der Waals surface area contributed by atoms with Crippen molar-refractivity contribution >= 4 is 17.5 Å². The van der Waals surface area contributed by atoms with Gasteiger partial charge in [-0.3, -0.25) is 9.59 Å². The number of nitrogens with zero attached hydrogens (tertiary/aromatic N) is 1. The Labute approximate surface area is 172 Å². The van der Waals surface area contributed by atoms with Crippen molar-refractivity contribution in [3.8, 4) is 0 Å². The second kappa shape index (κ2) is 5.86. The van der Waals surface area contributed by atoms with Crippen LogP contribution >= 0.6 is 0 Å².